The zero-order valence-electron chi connectivity index (χ0n) is 11.1. The third-order valence-corrected chi connectivity index (χ3v) is 3.16. The summed E-state index contributed by atoms with van der Waals surface area (Å²) in [7, 11) is 1.73. The lowest BCUT2D eigenvalue weighted by Crippen LogP contribution is -1.99. The fourth-order valence-corrected chi connectivity index (χ4v) is 1.90. The second-order valence-electron chi connectivity index (χ2n) is 4.01. The first-order valence-electron chi connectivity index (χ1n) is 6.11. The Hall–Kier alpha value is -2.48. The Morgan fingerprint density at radius 3 is 2.76 bits per heavy atom. The van der Waals surface area contributed by atoms with Crippen LogP contribution in [0.1, 0.15) is 0 Å². The number of rotatable bonds is 4. The predicted molar refractivity (Wildman–Crippen MR) is 80.7 cm³/mol. The molecule has 0 radical (unpaired) electrons. The Kier molecular flexibility index (Phi) is 3.78. The molecule has 21 heavy (non-hydrogen) atoms. The minimum Gasteiger partial charge on any atom is -0.403 e. The molecular weight excluding hydrogens is 336 g/mol. The van der Waals surface area contributed by atoms with Crippen LogP contribution >= 0.6 is 15.9 Å². The maximum Gasteiger partial charge on any atom is 0.342 e. The van der Waals surface area contributed by atoms with Gasteiger partial charge in [0, 0.05) is 7.05 Å². The molecule has 0 saturated heterocycles. The van der Waals surface area contributed by atoms with Crippen molar-refractivity contribution in [1.82, 2.24) is 24.7 Å². The topological polar surface area (TPSA) is 77.8 Å². The van der Waals surface area contributed by atoms with Gasteiger partial charge in [-0.2, -0.15) is 9.97 Å². The van der Waals surface area contributed by atoms with Gasteiger partial charge in [0.25, 0.3) is 0 Å². The summed E-state index contributed by atoms with van der Waals surface area (Å²) >= 11 is 3.33. The van der Waals surface area contributed by atoms with Crippen molar-refractivity contribution in [3.05, 3.63) is 47.3 Å². The molecule has 1 aromatic carbocycles. The van der Waals surface area contributed by atoms with Crippen LogP contribution < -0.4 is 10.1 Å². The van der Waals surface area contributed by atoms with Gasteiger partial charge in [0.2, 0.25) is 11.8 Å². The van der Waals surface area contributed by atoms with Crippen LogP contribution in [0.2, 0.25) is 0 Å². The Morgan fingerprint density at radius 2 is 2.00 bits per heavy atom. The monoisotopic (exact) mass is 346 g/mol. The van der Waals surface area contributed by atoms with Gasteiger partial charge in [0.1, 0.15) is 6.33 Å². The fraction of sp³-hybridized carbons (Fsp3) is 0.0769. The molecule has 0 unspecified atom stereocenters. The van der Waals surface area contributed by atoms with Crippen LogP contribution in [-0.2, 0) is 0 Å². The number of hydrogen-bond donors (Lipinski definition) is 1. The maximum absolute atomic E-state index is 5.57. The summed E-state index contributed by atoms with van der Waals surface area (Å²) in [5, 5.41) is 7.10. The van der Waals surface area contributed by atoms with Gasteiger partial charge in [0.05, 0.1) is 16.4 Å². The molecule has 0 amide bonds. The minimum atomic E-state index is 0.209. The molecule has 1 N–H and O–H groups in total. The minimum absolute atomic E-state index is 0.209. The van der Waals surface area contributed by atoms with E-state index >= 15 is 0 Å². The van der Waals surface area contributed by atoms with Crippen LogP contribution in [0.4, 0.5) is 5.95 Å². The average molecular weight is 347 g/mol. The number of hydrogen-bond acceptors (Lipinski definition) is 6. The van der Waals surface area contributed by atoms with Crippen LogP contribution in [0.15, 0.2) is 47.3 Å². The van der Waals surface area contributed by atoms with Gasteiger partial charge in [-0.05, 0) is 28.1 Å². The zero-order valence-corrected chi connectivity index (χ0v) is 12.6. The molecule has 0 spiro atoms. The van der Waals surface area contributed by atoms with E-state index in [1.165, 1.54) is 0 Å². The van der Waals surface area contributed by atoms with Gasteiger partial charge < -0.3 is 10.1 Å². The van der Waals surface area contributed by atoms with Crippen LogP contribution in [0, 0.1) is 0 Å². The molecule has 3 rings (SSSR count). The van der Waals surface area contributed by atoms with Crippen molar-refractivity contribution in [3.63, 3.8) is 0 Å². The van der Waals surface area contributed by atoms with Crippen LogP contribution in [0.25, 0.3) is 5.69 Å². The first-order valence-corrected chi connectivity index (χ1v) is 6.91. The quantitative estimate of drug-likeness (QED) is 0.782. The maximum atomic E-state index is 5.57. The lowest BCUT2D eigenvalue weighted by molar-refractivity contribution is 0.421. The largest absolute Gasteiger partial charge is 0.403 e. The Labute approximate surface area is 129 Å². The SMILES string of the molecule is CNc1ncc(Br)c(Oc2ncn(-c3ccccc3)n2)n1. The van der Waals surface area contributed by atoms with Crippen LogP contribution in [0.5, 0.6) is 11.9 Å². The van der Waals surface area contributed by atoms with E-state index in [2.05, 4.69) is 41.3 Å². The number of ether oxygens (including phenoxy) is 1. The highest BCUT2D eigenvalue weighted by Gasteiger charge is 2.10. The second-order valence-corrected chi connectivity index (χ2v) is 4.86. The second kappa shape index (κ2) is 5.88. The Balaban J connectivity index is 1.85. The highest BCUT2D eigenvalue weighted by Crippen LogP contribution is 2.26. The number of aromatic nitrogens is 5. The molecule has 2 heterocycles. The Morgan fingerprint density at radius 1 is 1.19 bits per heavy atom. The molecule has 0 fully saturated rings. The van der Waals surface area contributed by atoms with Gasteiger partial charge in [-0.1, -0.05) is 18.2 Å². The summed E-state index contributed by atoms with van der Waals surface area (Å²) in [6.07, 6.45) is 3.18. The first-order chi connectivity index (χ1) is 10.3. The van der Waals surface area contributed by atoms with Crippen molar-refractivity contribution in [3.8, 4) is 17.6 Å². The van der Waals surface area contributed by atoms with Gasteiger partial charge >= 0.3 is 6.01 Å². The third-order valence-electron chi connectivity index (χ3n) is 2.62. The zero-order chi connectivity index (χ0) is 14.7. The van der Waals surface area contributed by atoms with E-state index < -0.39 is 0 Å². The van der Waals surface area contributed by atoms with Crippen molar-refractivity contribution in [2.75, 3.05) is 12.4 Å². The van der Waals surface area contributed by atoms with E-state index in [0.29, 0.717) is 16.3 Å². The number of anilines is 1. The molecule has 0 aliphatic carbocycles. The predicted octanol–water partition coefficient (Wildman–Crippen LogP) is 2.65. The number of halogens is 1. The van der Waals surface area contributed by atoms with Gasteiger partial charge in [-0.3, -0.25) is 0 Å². The molecule has 2 aromatic heterocycles. The normalized spacial score (nSPS) is 10.4. The van der Waals surface area contributed by atoms with E-state index in [0.717, 1.165) is 5.69 Å². The first kappa shape index (κ1) is 13.5. The smallest absolute Gasteiger partial charge is 0.342 e. The number of benzene rings is 1. The standard InChI is InChI=1S/C13H11BrN6O/c1-15-12-16-7-10(14)11(18-12)21-13-17-8-20(19-13)9-5-3-2-4-6-9/h2-8H,1H3,(H,15,16,18). The summed E-state index contributed by atoms with van der Waals surface area (Å²) in [4.78, 5) is 12.4. The molecule has 0 aliphatic heterocycles. The van der Waals surface area contributed by atoms with Crippen molar-refractivity contribution in [2.24, 2.45) is 0 Å². The van der Waals surface area contributed by atoms with E-state index in [1.807, 2.05) is 30.3 Å². The molecule has 0 saturated carbocycles. The van der Waals surface area contributed by atoms with Crippen molar-refractivity contribution >= 4 is 21.9 Å². The number of para-hydroxylation sites is 1. The molecule has 0 bridgehead atoms. The molecule has 0 aliphatic rings. The summed E-state index contributed by atoms with van der Waals surface area (Å²) in [6, 6.07) is 9.86. The summed E-state index contributed by atoms with van der Waals surface area (Å²) in [6.45, 7) is 0. The highest BCUT2D eigenvalue weighted by atomic mass is 79.9. The third kappa shape index (κ3) is 3.00. The average Bonchev–Trinajstić information content (AvgIpc) is 2.99. The summed E-state index contributed by atoms with van der Waals surface area (Å²) in [5.41, 5.74) is 0.900. The number of nitrogens with zero attached hydrogens (tertiary/aromatic N) is 5. The van der Waals surface area contributed by atoms with E-state index in [9.17, 15) is 0 Å². The van der Waals surface area contributed by atoms with E-state index in [1.54, 1.807) is 24.3 Å². The van der Waals surface area contributed by atoms with Gasteiger partial charge in [0.15, 0.2) is 0 Å². The van der Waals surface area contributed by atoms with Crippen LogP contribution in [0.3, 0.4) is 0 Å². The van der Waals surface area contributed by atoms with Crippen molar-refractivity contribution in [2.45, 2.75) is 0 Å². The number of nitrogens with one attached hydrogen (secondary N) is 1. The fourth-order valence-electron chi connectivity index (χ4n) is 1.63. The van der Waals surface area contributed by atoms with Crippen LogP contribution in [-0.4, -0.2) is 31.8 Å². The lowest BCUT2D eigenvalue weighted by atomic mass is 10.3. The highest BCUT2D eigenvalue weighted by molar-refractivity contribution is 9.10. The molecule has 3 aromatic rings. The van der Waals surface area contributed by atoms with Crippen molar-refractivity contribution < 1.29 is 4.74 Å². The molecule has 7 nitrogen and oxygen atoms in total. The summed E-state index contributed by atoms with van der Waals surface area (Å²) in [5.74, 6) is 0.802. The van der Waals surface area contributed by atoms with Crippen molar-refractivity contribution in [1.29, 1.82) is 0 Å². The van der Waals surface area contributed by atoms with Gasteiger partial charge in [-0.25, -0.2) is 9.67 Å². The van der Waals surface area contributed by atoms with E-state index in [4.69, 9.17) is 4.74 Å². The molecule has 106 valence electrons. The van der Waals surface area contributed by atoms with Gasteiger partial charge in [-0.15, -0.1) is 5.10 Å². The molecule has 0 atom stereocenters. The lowest BCUT2D eigenvalue weighted by Gasteiger charge is -2.04. The van der Waals surface area contributed by atoms with E-state index in [-0.39, 0.29) is 6.01 Å². The molecular formula is C13H11BrN6O. The Bertz CT molecular complexity index is 745. The summed E-state index contributed by atoms with van der Waals surface area (Å²) < 4.78 is 7.82. The molecule has 8 heteroatoms.